The third-order valence-electron chi connectivity index (χ3n) is 12.2. The number of halogens is 2. The topological polar surface area (TPSA) is 221 Å². The fraction of sp³-hybridized carbons (Fsp3) is 0.360. The Hall–Kier alpha value is -7.35. The van der Waals surface area contributed by atoms with Gasteiger partial charge in [-0.25, -0.2) is 38.3 Å². The Balaban J connectivity index is 0.000000204. The van der Waals surface area contributed by atoms with E-state index in [4.69, 9.17) is 19.2 Å². The fourth-order valence-corrected chi connectivity index (χ4v) is 9.61. The number of ether oxygens (including phenoxy) is 3. The zero-order chi connectivity index (χ0) is 52.5. The lowest BCUT2D eigenvalue weighted by atomic mass is 10.1. The molecule has 9 rings (SSSR count). The van der Waals surface area contributed by atoms with Crippen molar-refractivity contribution in [2.75, 3.05) is 20.3 Å². The Morgan fingerprint density at radius 2 is 1.23 bits per heavy atom. The lowest BCUT2D eigenvalue weighted by molar-refractivity contribution is -0.136. The second kappa shape index (κ2) is 21.0. The highest BCUT2D eigenvalue weighted by Crippen LogP contribution is 2.31. The first kappa shape index (κ1) is 52.0. The van der Waals surface area contributed by atoms with Crippen LogP contribution in [0, 0.1) is 11.6 Å². The first-order valence-corrected chi connectivity index (χ1v) is 31.0. The van der Waals surface area contributed by atoms with E-state index in [2.05, 4.69) is 74.7 Å². The maximum Gasteiger partial charge on any atom is 0.339 e. The monoisotopic (exact) mass is 1030 g/mol. The minimum atomic E-state index is -1.28. The molecule has 73 heavy (non-hydrogen) atoms. The zero-order valence-electron chi connectivity index (χ0n) is 42.4. The highest BCUT2D eigenvalue weighted by molar-refractivity contribution is 6.76. The molecule has 0 unspecified atom stereocenters. The number of aromatic nitrogens is 10. The van der Waals surface area contributed by atoms with Gasteiger partial charge in [-0.15, -0.1) is 0 Å². The third kappa shape index (κ3) is 11.6. The molecule has 2 aromatic carbocycles. The molecule has 0 saturated carbocycles. The normalized spacial score (nSPS) is 13.4. The highest BCUT2D eigenvalue weighted by Gasteiger charge is 2.27. The molecule has 1 aliphatic heterocycles. The third-order valence-corrected chi connectivity index (χ3v) is 15.6. The number of methoxy groups -OCH3 is 1. The van der Waals surface area contributed by atoms with Gasteiger partial charge < -0.3 is 33.8 Å². The smallest absolute Gasteiger partial charge is 0.339 e. The summed E-state index contributed by atoms with van der Waals surface area (Å²) in [5.74, 6) is -2.63. The van der Waals surface area contributed by atoms with Gasteiger partial charge in [0.15, 0.2) is 11.3 Å². The van der Waals surface area contributed by atoms with E-state index in [1.807, 2.05) is 0 Å². The second-order valence-electron chi connectivity index (χ2n) is 20.3. The van der Waals surface area contributed by atoms with E-state index < -0.39 is 34.1 Å². The Labute approximate surface area is 420 Å². The van der Waals surface area contributed by atoms with E-state index in [1.54, 1.807) is 70.2 Å². The van der Waals surface area contributed by atoms with Crippen LogP contribution in [0.4, 0.5) is 8.78 Å². The summed E-state index contributed by atoms with van der Waals surface area (Å²) in [7, 11) is 2.27. The number of carboxylic acid groups (broad SMARTS) is 1. The van der Waals surface area contributed by atoms with Crippen LogP contribution in [-0.4, -0.2) is 120 Å². The molecular formula is C50H58F2N12O7Si2. The zero-order valence-corrected chi connectivity index (χ0v) is 44.4. The number of benzene rings is 2. The molecule has 1 amide bonds. The summed E-state index contributed by atoms with van der Waals surface area (Å²) in [4.78, 5) is 60.1. The van der Waals surface area contributed by atoms with Gasteiger partial charge in [-0.3, -0.25) is 19.2 Å². The van der Waals surface area contributed by atoms with E-state index in [9.17, 15) is 28.3 Å². The van der Waals surface area contributed by atoms with E-state index in [0.29, 0.717) is 86.1 Å². The number of esters is 1. The van der Waals surface area contributed by atoms with Gasteiger partial charge in [-0.2, -0.15) is 10.2 Å². The SMILES string of the molecule is COC(=O)C1=CN=C([C@H](C)NC(=O)c2cn(COCC[Si](C)(C)C)c3ncc(-c4nn(C)c5cc(F)ccc45)nc23)C1.Cn1nc(-c2cnc3c(n2)c(C(=O)O)cn3COCC[Si](C)(C)C)c2ccc(F)cc21. The molecule has 0 bridgehead atoms. The predicted octanol–water partition coefficient (Wildman–Crippen LogP) is 8.59. The molecule has 8 aromatic rings. The van der Waals surface area contributed by atoms with Crippen molar-refractivity contribution in [2.24, 2.45) is 19.1 Å². The van der Waals surface area contributed by atoms with Crippen LogP contribution >= 0.6 is 0 Å². The van der Waals surface area contributed by atoms with Crippen molar-refractivity contribution in [2.45, 2.75) is 84.2 Å². The molecule has 7 heterocycles. The average molecular weight is 1030 g/mol. The molecule has 1 aliphatic rings. The quantitative estimate of drug-likeness (QED) is 0.0496. The van der Waals surface area contributed by atoms with Crippen LogP contribution in [0.5, 0.6) is 0 Å². The Morgan fingerprint density at radius 3 is 1.70 bits per heavy atom. The minimum absolute atomic E-state index is 0.0458. The molecule has 2 N–H and O–H groups in total. The number of carboxylic acids is 1. The second-order valence-corrected chi connectivity index (χ2v) is 31.5. The number of rotatable bonds is 17. The number of fused-ring (bicyclic) bond motifs is 4. The number of aromatic carboxylic acids is 1. The number of carbonyl (C=O) groups excluding carboxylic acids is 2. The molecule has 6 aromatic heterocycles. The van der Waals surface area contributed by atoms with Gasteiger partial charge >= 0.3 is 11.9 Å². The summed E-state index contributed by atoms with van der Waals surface area (Å²) >= 11 is 0. The van der Waals surface area contributed by atoms with Crippen LogP contribution < -0.4 is 5.32 Å². The Bertz CT molecular complexity index is 3500. The molecule has 1 atom stereocenters. The molecule has 19 nitrogen and oxygen atoms in total. The first-order chi connectivity index (χ1) is 34.6. The predicted molar refractivity (Wildman–Crippen MR) is 279 cm³/mol. The van der Waals surface area contributed by atoms with Gasteiger partial charge in [0.2, 0.25) is 0 Å². The molecule has 0 saturated heterocycles. The summed E-state index contributed by atoms with van der Waals surface area (Å²) < 4.78 is 50.6. The number of nitrogens with zero attached hydrogens (tertiary/aromatic N) is 11. The van der Waals surface area contributed by atoms with Gasteiger partial charge in [-0.1, -0.05) is 39.3 Å². The van der Waals surface area contributed by atoms with Gasteiger partial charge in [0.1, 0.15) is 64.5 Å². The van der Waals surface area contributed by atoms with Crippen molar-refractivity contribution in [1.29, 1.82) is 0 Å². The number of hydrogen-bond acceptors (Lipinski definition) is 13. The fourth-order valence-electron chi connectivity index (χ4n) is 8.10. The molecule has 382 valence electrons. The summed E-state index contributed by atoms with van der Waals surface area (Å²) in [5.41, 5.74) is 6.14. The summed E-state index contributed by atoms with van der Waals surface area (Å²) in [6.45, 7) is 17.1. The number of aliphatic imine (C=N–C) groups is 1. The van der Waals surface area contributed by atoms with Crippen molar-refractivity contribution < 1.29 is 42.5 Å². The van der Waals surface area contributed by atoms with E-state index >= 15 is 0 Å². The average Bonchev–Trinajstić information content (AvgIpc) is 4.18. The van der Waals surface area contributed by atoms with Crippen molar-refractivity contribution in [3.8, 4) is 22.8 Å². The summed E-state index contributed by atoms with van der Waals surface area (Å²) in [6.07, 6.45) is 8.09. The van der Waals surface area contributed by atoms with Gasteiger partial charge in [0.25, 0.3) is 5.91 Å². The number of carbonyl (C=O) groups is 3. The maximum atomic E-state index is 13.9. The van der Waals surface area contributed by atoms with Crippen LogP contribution in [0.3, 0.4) is 0 Å². The largest absolute Gasteiger partial charge is 0.478 e. The Kier molecular flexibility index (Phi) is 15.0. The number of amides is 1. The van der Waals surface area contributed by atoms with Crippen molar-refractivity contribution in [3.05, 3.63) is 95.7 Å². The molecule has 0 fully saturated rings. The Morgan fingerprint density at radius 1 is 0.753 bits per heavy atom. The van der Waals surface area contributed by atoms with Gasteiger partial charge in [-0.05, 0) is 55.4 Å². The molecule has 0 spiro atoms. The van der Waals surface area contributed by atoms with Crippen molar-refractivity contribution >= 4 is 83.8 Å². The molecular weight excluding hydrogens is 975 g/mol. The van der Waals surface area contributed by atoms with Crippen LogP contribution in [0.15, 0.2) is 78.0 Å². The number of hydrogen-bond donors (Lipinski definition) is 2. The van der Waals surface area contributed by atoms with Gasteiger partial charge in [0, 0.05) is 85.0 Å². The lowest BCUT2D eigenvalue weighted by Gasteiger charge is -2.15. The first-order valence-electron chi connectivity index (χ1n) is 23.6. The van der Waals surface area contributed by atoms with Gasteiger partial charge in [0.05, 0.1) is 47.7 Å². The summed E-state index contributed by atoms with van der Waals surface area (Å²) in [6, 6.07) is 10.4. The number of nitrogens with one attached hydrogen (secondary N) is 1. The van der Waals surface area contributed by atoms with Crippen LogP contribution in [0.1, 0.15) is 34.1 Å². The maximum absolute atomic E-state index is 13.9. The van der Waals surface area contributed by atoms with Crippen LogP contribution in [0.25, 0.3) is 66.9 Å². The lowest BCUT2D eigenvalue weighted by Crippen LogP contribution is -2.38. The van der Waals surface area contributed by atoms with Crippen molar-refractivity contribution in [1.82, 2.24) is 53.9 Å². The standard InChI is InChI=1S/C29H34FN7O4Si.C21H24FN5O3Si/c1-17(22-11-18(13-31-22)29(39)40-3)33-28(38)21-15-37(16-41-9-10-42(4,5)6)27-26(21)34-23(14-32-27)25-20-8-7-19(30)12-24(20)36(2)35-25;1-26-17-9-13(22)5-6-14(17)18(25-26)16-10-23-20-19(24-16)15(21(28)29)11-27(20)12-30-7-8-31(2,3)4/h7-8,12-15,17H,9-11,16H2,1-6H3,(H,33,38);5-6,9-11H,7-8,12H2,1-4H3,(H,28,29)/t17-;/m0./s1. The molecule has 0 radical (unpaired) electrons. The minimum Gasteiger partial charge on any atom is -0.478 e. The number of aryl methyl sites for hydroxylation is 2. The molecule has 0 aliphatic carbocycles. The van der Waals surface area contributed by atoms with E-state index in [1.165, 1.54) is 43.8 Å². The van der Waals surface area contributed by atoms with Crippen molar-refractivity contribution in [3.63, 3.8) is 0 Å². The van der Waals surface area contributed by atoms with E-state index in [0.717, 1.165) is 17.5 Å². The van der Waals surface area contributed by atoms with Crippen LogP contribution in [-0.2, 0) is 46.6 Å². The summed E-state index contributed by atoms with van der Waals surface area (Å²) in [5, 5.41) is 23.1. The van der Waals surface area contributed by atoms with Crippen LogP contribution in [0.2, 0.25) is 51.4 Å². The van der Waals surface area contributed by atoms with E-state index in [-0.39, 0.29) is 48.5 Å². The molecule has 23 heteroatoms. The highest BCUT2D eigenvalue weighted by atomic mass is 28.3.